The van der Waals surface area contributed by atoms with Gasteiger partial charge >= 0.3 is 0 Å². The van der Waals surface area contributed by atoms with E-state index in [1.54, 1.807) is 6.08 Å². The van der Waals surface area contributed by atoms with Gasteiger partial charge in [-0.15, -0.1) is 4.31 Å². The van der Waals surface area contributed by atoms with Crippen molar-refractivity contribution in [3.63, 3.8) is 0 Å². The first-order valence-corrected chi connectivity index (χ1v) is 23.3. The van der Waals surface area contributed by atoms with Gasteiger partial charge in [-0.1, -0.05) is 79.5 Å². The Balaban J connectivity index is 1.61. The van der Waals surface area contributed by atoms with E-state index in [2.05, 4.69) is 67.3 Å². The number of rotatable bonds is 15. The van der Waals surface area contributed by atoms with Gasteiger partial charge in [0.25, 0.3) is 0 Å². The normalized spacial score (nSPS) is 16.3. The van der Waals surface area contributed by atoms with Crippen molar-refractivity contribution in [2.45, 2.75) is 70.3 Å². The molecule has 0 heterocycles. The molecule has 0 amide bonds. The summed E-state index contributed by atoms with van der Waals surface area (Å²) in [6, 6.07) is 15.7. The summed E-state index contributed by atoms with van der Waals surface area (Å²) in [5, 5.41) is 1.23. The van der Waals surface area contributed by atoms with Gasteiger partial charge in [-0.25, -0.2) is 8.42 Å². The van der Waals surface area contributed by atoms with E-state index in [9.17, 15) is 8.42 Å². The van der Waals surface area contributed by atoms with Gasteiger partial charge in [-0.3, -0.25) is 0 Å². The van der Waals surface area contributed by atoms with Gasteiger partial charge in [0.15, 0.2) is 0 Å². The van der Waals surface area contributed by atoms with E-state index in [0.29, 0.717) is 13.2 Å². The third kappa shape index (κ3) is 10.9. The maximum absolute atomic E-state index is 13.2. The van der Waals surface area contributed by atoms with E-state index in [0.717, 1.165) is 40.7 Å². The molecule has 0 unspecified atom stereocenters. The highest BCUT2D eigenvalue weighted by atomic mass is 79.9. The van der Waals surface area contributed by atoms with Gasteiger partial charge in [0, 0.05) is 39.2 Å². The zero-order chi connectivity index (χ0) is 28.7. The summed E-state index contributed by atoms with van der Waals surface area (Å²) in [4.78, 5) is 0. The van der Waals surface area contributed by atoms with Crippen LogP contribution in [0.25, 0.3) is 6.08 Å². The van der Waals surface area contributed by atoms with Crippen LogP contribution in [0.5, 0.6) is 5.75 Å². The molecule has 0 saturated carbocycles. The van der Waals surface area contributed by atoms with E-state index in [-0.39, 0.29) is 19.6 Å². The molecule has 6 nitrogen and oxygen atoms in total. The zero-order valence-electron chi connectivity index (χ0n) is 24.2. The molecule has 1 aliphatic rings. The van der Waals surface area contributed by atoms with Crippen LogP contribution in [0.4, 0.5) is 0 Å². The van der Waals surface area contributed by atoms with E-state index in [4.69, 9.17) is 14.2 Å². The monoisotopic (exact) mass is 653 g/mol. The smallest absolute Gasteiger partial charge is 0.240 e. The minimum absolute atomic E-state index is 0.0180. The summed E-state index contributed by atoms with van der Waals surface area (Å²) >= 11 is 3.63. The lowest BCUT2D eigenvalue weighted by molar-refractivity contribution is 0.00888. The Morgan fingerprint density at radius 3 is 2.08 bits per heavy atom. The Hall–Kier alpha value is -1.28. The third-order valence-corrected chi connectivity index (χ3v) is 12.1. The largest absolute Gasteiger partial charge is 0.486 e. The fraction of sp³-hybridized carbons (Fsp3) is 0.517. The fourth-order valence-electron chi connectivity index (χ4n) is 4.04. The van der Waals surface area contributed by atoms with Gasteiger partial charge in [0.1, 0.15) is 25.3 Å². The summed E-state index contributed by atoms with van der Waals surface area (Å²) in [5.41, 5.74) is 3.31. The Morgan fingerprint density at radius 2 is 1.51 bits per heavy atom. The van der Waals surface area contributed by atoms with Crippen molar-refractivity contribution in [2.75, 3.05) is 26.7 Å². The van der Waals surface area contributed by atoms with Gasteiger partial charge < -0.3 is 14.2 Å². The molecule has 0 saturated heterocycles. The molecule has 0 N–H and O–H groups in total. The molecule has 0 spiro atoms. The number of halogens is 1. The van der Waals surface area contributed by atoms with Crippen molar-refractivity contribution in [3.05, 3.63) is 69.0 Å². The lowest BCUT2D eigenvalue weighted by Gasteiger charge is -2.23. The molecule has 2 aromatic carbocycles. The van der Waals surface area contributed by atoms with Crippen LogP contribution in [0.2, 0.25) is 51.4 Å². The first kappa shape index (κ1) is 32.2. The van der Waals surface area contributed by atoms with Gasteiger partial charge in [0.05, 0.1) is 0 Å². The van der Waals surface area contributed by atoms with Gasteiger partial charge in [-0.2, -0.15) is 0 Å². The Labute approximate surface area is 245 Å². The average molecular weight is 655 g/mol. The summed E-state index contributed by atoms with van der Waals surface area (Å²) in [6.07, 6.45) is 3.56. The summed E-state index contributed by atoms with van der Waals surface area (Å²) in [6.45, 7) is 14.7. The minimum atomic E-state index is -3.73. The van der Waals surface area contributed by atoms with Crippen LogP contribution in [0, 0.1) is 0 Å². The second-order valence-corrected chi connectivity index (χ2v) is 26.4. The van der Waals surface area contributed by atoms with Crippen LogP contribution in [0.3, 0.4) is 0 Å². The molecular weight excluding hydrogens is 610 g/mol. The van der Waals surface area contributed by atoms with E-state index >= 15 is 0 Å². The molecule has 0 fully saturated rings. The van der Waals surface area contributed by atoms with Crippen molar-refractivity contribution < 1.29 is 22.6 Å². The number of hydrogen-bond acceptors (Lipinski definition) is 5. The number of ether oxygens (including phenoxy) is 3. The molecule has 0 aliphatic heterocycles. The van der Waals surface area contributed by atoms with Crippen LogP contribution in [-0.2, 0) is 25.9 Å². The van der Waals surface area contributed by atoms with Crippen molar-refractivity contribution in [2.24, 2.45) is 0 Å². The average Bonchev–Trinajstić information content (AvgIpc) is 3.25. The van der Waals surface area contributed by atoms with Crippen molar-refractivity contribution >= 4 is 48.2 Å². The number of nitrogens with zero attached hydrogens (tertiary/aromatic N) is 1. The van der Waals surface area contributed by atoms with Crippen LogP contribution < -0.4 is 4.74 Å². The molecule has 3 rings (SSSR count). The second-order valence-electron chi connectivity index (χ2n) is 12.5. The van der Waals surface area contributed by atoms with Crippen LogP contribution in [-0.4, -0.2) is 55.5 Å². The number of sulfonamides is 1. The molecule has 0 aromatic heterocycles. The predicted octanol–water partition coefficient (Wildman–Crippen LogP) is 7.74. The first-order valence-electron chi connectivity index (χ1n) is 13.6. The molecule has 1 atom stereocenters. The summed E-state index contributed by atoms with van der Waals surface area (Å²) in [5.74, 6) is 0.765. The predicted molar refractivity (Wildman–Crippen MR) is 170 cm³/mol. The molecule has 0 radical (unpaired) electrons. The van der Waals surface area contributed by atoms with E-state index < -0.39 is 26.2 Å². The number of benzene rings is 2. The maximum atomic E-state index is 13.2. The molecule has 216 valence electrons. The quantitative estimate of drug-likeness (QED) is 0.112. The molecule has 10 heteroatoms. The van der Waals surface area contributed by atoms with Crippen LogP contribution >= 0.6 is 15.9 Å². The van der Waals surface area contributed by atoms with Crippen LogP contribution in [0.1, 0.15) is 29.2 Å². The van der Waals surface area contributed by atoms with Crippen molar-refractivity contribution in [1.29, 1.82) is 0 Å². The number of fused-ring (bicyclic) bond motifs is 1. The van der Waals surface area contributed by atoms with E-state index in [1.165, 1.54) is 20.8 Å². The lowest BCUT2D eigenvalue weighted by Crippen LogP contribution is -2.35. The highest BCUT2D eigenvalue weighted by Crippen LogP contribution is 2.38. The molecule has 0 bridgehead atoms. The van der Waals surface area contributed by atoms with Crippen LogP contribution in [0.15, 0.2) is 52.3 Å². The maximum Gasteiger partial charge on any atom is 0.240 e. The molecular formula is C29H44BrNO5SSi2. The molecule has 2 aromatic rings. The molecule has 1 aliphatic carbocycles. The van der Waals surface area contributed by atoms with Crippen molar-refractivity contribution in [3.8, 4) is 5.75 Å². The van der Waals surface area contributed by atoms with E-state index in [1.807, 2.05) is 30.3 Å². The summed E-state index contributed by atoms with van der Waals surface area (Å²) in [7, 11) is -6.27. The second kappa shape index (κ2) is 14.1. The minimum Gasteiger partial charge on any atom is -0.486 e. The zero-order valence-corrected chi connectivity index (χ0v) is 28.6. The van der Waals surface area contributed by atoms with Gasteiger partial charge in [0.2, 0.25) is 10.0 Å². The van der Waals surface area contributed by atoms with Gasteiger partial charge in [-0.05, 0) is 65.9 Å². The molecule has 39 heavy (non-hydrogen) atoms. The highest BCUT2D eigenvalue weighted by molar-refractivity contribution is 9.10. The standard InChI is InChI=1S/C29H44BrNO5SSi2/c1-38(2,3)20-17-34-22-31(23-35-18-21-39(4,5)6)37(32,33)19-16-24-10-12-25(13-11-24)36-29-15-14-26-27(29)8-7-9-28(26)30/h7-13,16,19,29H,14-15,17-18,20-23H2,1-6H3/t29-/m1/s1. The Kier molecular flexibility index (Phi) is 11.6. The third-order valence-electron chi connectivity index (χ3n) is 6.57. The Morgan fingerprint density at radius 1 is 0.923 bits per heavy atom. The van der Waals surface area contributed by atoms with Crippen molar-refractivity contribution in [1.82, 2.24) is 4.31 Å². The lowest BCUT2D eigenvalue weighted by atomic mass is 10.1. The highest BCUT2D eigenvalue weighted by Gasteiger charge is 2.26. The Bertz CT molecular complexity index is 1190. The SMILES string of the molecule is C[Si](C)(C)CCOCN(COCC[Si](C)(C)C)S(=O)(=O)C=Cc1ccc(O[C@@H]2CCc3c(Br)cccc32)cc1. The summed E-state index contributed by atoms with van der Waals surface area (Å²) < 4.78 is 46.6. The number of hydrogen-bond donors (Lipinski definition) is 0. The topological polar surface area (TPSA) is 65.1 Å². The fourth-order valence-corrected chi connectivity index (χ4v) is 7.08. The first-order chi connectivity index (χ1) is 18.2.